The SMILES string of the molecule is O=C(Nc1ccc2nc[nH]c2c1)C(=O)Nc1cccnc1Cl. The van der Waals surface area contributed by atoms with Crippen molar-refractivity contribution in [3.05, 3.63) is 48.0 Å². The molecule has 0 unspecified atom stereocenters. The Kier molecular flexibility index (Phi) is 3.71. The molecule has 0 saturated carbocycles. The first kappa shape index (κ1) is 14.0. The molecule has 0 fully saturated rings. The number of aromatic nitrogens is 3. The third kappa shape index (κ3) is 2.89. The summed E-state index contributed by atoms with van der Waals surface area (Å²) >= 11 is 5.82. The number of anilines is 2. The van der Waals surface area contributed by atoms with Crippen molar-refractivity contribution in [1.29, 1.82) is 0 Å². The molecule has 0 atom stereocenters. The number of benzene rings is 1. The van der Waals surface area contributed by atoms with E-state index in [4.69, 9.17) is 11.6 Å². The minimum absolute atomic E-state index is 0.113. The standard InChI is InChI=1S/C14H10ClN5O2/c15-12-10(2-1-5-16-12)20-14(22)13(21)19-8-3-4-9-11(6-8)18-7-17-9/h1-7H,(H,17,18)(H,19,21)(H,20,22). The largest absolute Gasteiger partial charge is 0.345 e. The van der Waals surface area contributed by atoms with Gasteiger partial charge in [0.25, 0.3) is 0 Å². The Labute approximate surface area is 129 Å². The quantitative estimate of drug-likeness (QED) is 0.498. The predicted molar refractivity (Wildman–Crippen MR) is 82.6 cm³/mol. The molecule has 0 aliphatic heterocycles. The Morgan fingerprint density at radius 3 is 2.73 bits per heavy atom. The van der Waals surface area contributed by atoms with Crippen LogP contribution in [-0.4, -0.2) is 26.8 Å². The summed E-state index contributed by atoms with van der Waals surface area (Å²) in [7, 11) is 0. The van der Waals surface area contributed by atoms with Crippen LogP contribution in [0, 0.1) is 0 Å². The number of aromatic amines is 1. The van der Waals surface area contributed by atoms with E-state index in [-0.39, 0.29) is 10.8 Å². The first-order chi connectivity index (χ1) is 10.6. The highest BCUT2D eigenvalue weighted by atomic mass is 35.5. The fourth-order valence-electron chi connectivity index (χ4n) is 1.86. The number of rotatable bonds is 2. The number of pyridine rings is 1. The van der Waals surface area contributed by atoms with Crippen molar-refractivity contribution >= 4 is 45.8 Å². The minimum atomic E-state index is -0.834. The van der Waals surface area contributed by atoms with Crippen LogP contribution in [0.15, 0.2) is 42.9 Å². The molecule has 0 saturated heterocycles. The lowest BCUT2D eigenvalue weighted by Crippen LogP contribution is -2.29. The Balaban J connectivity index is 1.70. The minimum Gasteiger partial charge on any atom is -0.345 e. The van der Waals surface area contributed by atoms with Crippen LogP contribution < -0.4 is 10.6 Å². The van der Waals surface area contributed by atoms with Crippen molar-refractivity contribution in [2.45, 2.75) is 0 Å². The molecule has 0 radical (unpaired) electrons. The van der Waals surface area contributed by atoms with Gasteiger partial charge in [0, 0.05) is 11.9 Å². The molecule has 7 nitrogen and oxygen atoms in total. The number of carbonyl (C=O) groups excluding carboxylic acids is 2. The molecule has 8 heteroatoms. The number of nitrogens with one attached hydrogen (secondary N) is 3. The Hall–Kier alpha value is -2.93. The van der Waals surface area contributed by atoms with Crippen molar-refractivity contribution in [3.63, 3.8) is 0 Å². The summed E-state index contributed by atoms with van der Waals surface area (Å²) < 4.78 is 0. The van der Waals surface area contributed by atoms with Crippen LogP contribution >= 0.6 is 11.6 Å². The average molecular weight is 316 g/mol. The molecule has 3 N–H and O–H groups in total. The van der Waals surface area contributed by atoms with E-state index < -0.39 is 11.8 Å². The van der Waals surface area contributed by atoms with Crippen molar-refractivity contribution in [2.24, 2.45) is 0 Å². The molecule has 0 bridgehead atoms. The van der Waals surface area contributed by atoms with Crippen LogP contribution in [0.3, 0.4) is 0 Å². The summed E-state index contributed by atoms with van der Waals surface area (Å²) in [5.41, 5.74) is 2.28. The van der Waals surface area contributed by atoms with Crippen molar-refractivity contribution in [3.8, 4) is 0 Å². The second-order valence-corrected chi connectivity index (χ2v) is 4.74. The Bertz CT molecular complexity index is 861. The van der Waals surface area contributed by atoms with Crippen LogP contribution in [0.1, 0.15) is 0 Å². The zero-order valence-corrected chi connectivity index (χ0v) is 11.9. The second kappa shape index (κ2) is 5.82. The number of carbonyl (C=O) groups is 2. The van der Waals surface area contributed by atoms with Gasteiger partial charge in [-0.1, -0.05) is 11.6 Å². The molecule has 0 aliphatic rings. The fourth-order valence-corrected chi connectivity index (χ4v) is 2.03. The lowest BCUT2D eigenvalue weighted by Gasteiger charge is -2.07. The molecule has 2 aromatic heterocycles. The summed E-state index contributed by atoms with van der Waals surface area (Å²) in [5.74, 6) is -1.64. The van der Waals surface area contributed by atoms with E-state index in [2.05, 4.69) is 25.6 Å². The van der Waals surface area contributed by atoms with Gasteiger partial charge >= 0.3 is 11.8 Å². The number of nitrogens with zero attached hydrogens (tertiary/aromatic N) is 2. The molecular formula is C14H10ClN5O2. The number of amides is 2. The summed E-state index contributed by atoms with van der Waals surface area (Å²) in [4.78, 5) is 34.5. The maximum absolute atomic E-state index is 11.9. The highest BCUT2D eigenvalue weighted by Gasteiger charge is 2.15. The molecule has 22 heavy (non-hydrogen) atoms. The van der Waals surface area contributed by atoms with Gasteiger partial charge < -0.3 is 15.6 Å². The van der Waals surface area contributed by atoms with E-state index >= 15 is 0 Å². The van der Waals surface area contributed by atoms with E-state index in [1.165, 1.54) is 6.20 Å². The number of hydrogen-bond acceptors (Lipinski definition) is 4. The molecule has 1 aromatic carbocycles. The number of halogens is 1. The first-order valence-electron chi connectivity index (χ1n) is 6.29. The van der Waals surface area contributed by atoms with E-state index in [1.807, 2.05) is 0 Å². The van der Waals surface area contributed by atoms with Crippen LogP contribution in [0.25, 0.3) is 11.0 Å². The summed E-state index contributed by atoms with van der Waals surface area (Å²) in [6, 6.07) is 8.23. The maximum atomic E-state index is 11.9. The molecular weight excluding hydrogens is 306 g/mol. The molecule has 2 heterocycles. The number of imidazole rings is 1. The average Bonchev–Trinajstić information content (AvgIpc) is 2.97. The normalized spacial score (nSPS) is 10.4. The van der Waals surface area contributed by atoms with Gasteiger partial charge in [-0.25, -0.2) is 9.97 Å². The van der Waals surface area contributed by atoms with Gasteiger partial charge in [0.15, 0.2) is 5.15 Å². The van der Waals surface area contributed by atoms with Crippen molar-refractivity contribution in [2.75, 3.05) is 10.6 Å². The van der Waals surface area contributed by atoms with Crippen molar-refractivity contribution in [1.82, 2.24) is 15.0 Å². The number of fused-ring (bicyclic) bond motifs is 1. The summed E-state index contributed by atoms with van der Waals surface area (Å²) in [6.45, 7) is 0. The summed E-state index contributed by atoms with van der Waals surface area (Å²) in [5, 5.41) is 5.01. The smallest absolute Gasteiger partial charge is 0.314 e. The lowest BCUT2D eigenvalue weighted by atomic mass is 10.2. The molecule has 3 aromatic rings. The predicted octanol–water partition coefficient (Wildman–Crippen LogP) is 2.19. The van der Waals surface area contributed by atoms with E-state index in [0.29, 0.717) is 5.69 Å². The Morgan fingerprint density at radius 2 is 1.91 bits per heavy atom. The van der Waals surface area contributed by atoms with Gasteiger partial charge in [-0.05, 0) is 30.3 Å². The molecule has 0 spiro atoms. The zero-order valence-electron chi connectivity index (χ0n) is 11.1. The van der Waals surface area contributed by atoms with Crippen LogP contribution in [0.2, 0.25) is 5.15 Å². The highest BCUT2D eigenvalue weighted by Crippen LogP contribution is 2.18. The van der Waals surface area contributed by atoms with E-state index in [9.17, 15) is 9.59 Å². The molecule has 0 aliphatic carbocycles. The van der Waals surface area contributed by atoms with Gasteiger partial charge in [0.2, 0.25) is 0 Å². The zero-order chi connectivity index (χ0) is 15.5. The van der Waals surface area contributed by atoms with E-state index in [1.54, 1.807) is 36.7 Å². The van der Waals surface area contributed by atoms with Gasteiger partial charge in [0.1, 0.15) is 0 Å². The van der Waals surface area contributed by atoms with Gasteiger partial charge in [-0.3, -0.25) is 9.59 Å². The van der Waals surface area contributed by atoms with Crippen LogP contribution in [-0.2, 0) is 9.59 Å². The summed E-state index contributed by atoms with van der Waals surface area (Å²) in [6.07, 6.45) is 3.03. The lowest BCUT2D eigenvalue weighted by molar-refractivity contribution is -0.132. The third-order valence-electron chi connectivity index (χ3n) is 2.89. The molecule has 3 rings (SSSR count). The van der Waals surface area contributed by atoms with Gasteiger partial charge in [-0.2, -0.15) is 0 Å². The number of hydrogen-bond donors (Lipinski definition) is 3. The van der Waals surface area contributed by atoms with Crippen LogP contribution in [0.5, 0.6) is 0 Å². The fraction of sp³-hybridized carbons (Fsp3) is 0. The molecule has 2 amide bonds. The maximum Gasteiger partial charge on any atom is 0.314 e. The van der Waals surface area contributed by atoms with Crippen molar-refractivity contribution < 1.29 is 9.59 Å². The van der Waals surface area contributed by atoms with Gasteiger partial charge in [0.05, 0.1) is 23.0 Å². The topological polar surface area (TPSA) is 99.8 Å². The second-order valence-electron chi connectivity index (χ2n) is 4.38. The van der Waals surface area contributed by atoms with Crippen LogP contribution in [0.4, 0.5) is 11.4 Å². The van der Waals surface area contributed by atoms with Gasteiger partial charge in [-0.15, -0.1) is 0 Å². The monoisotopic (exact) mass is 315 g/mol. The van der Waals surface area contributed by atoms with E-state index in [0.717, 1.165) is 11.0 Å². The molecule has 110 valence electrons. The highest BCUT2D eigenvalue weighted by molar-refractivity contribution is 6.44. The Morgan fingerprint density at radius 1 is 1.09 bits per heavy atom. The third-order valence-corrected chi connectivity index (χ3v) is 3.19. The number of H-pyrrole nitrogens is 1. The first-order valence-corrected chi connectivity index (χ1v) is 6.67.